The molecule has 2 rings (SSSR count). The first-order valence-electron chi connectivity index (χ1n) is 7.31. The largest absolute Gasteiger partial charge is 0.367 e. The van der Waals surface area contributed by atoms with Crippen molar-refractivity contribution in [3.8, 4) is 0 Å². The van der Waals surface area contributed by atoms with Gasteiger partial charge < -0.3 is 20.7 Å². The number of nitrogens with zero attached hydrogens (tertiary/aromatic N) is 2. The average Bonchev–Trinajstić information content (AvgIpc) is 3.06. The molecule has 138 valence electrons. The molecule has 0 aliphatic carbocycles. The highest BCUT2D eigenvalue weighted by Gasteiger charge is 2.27. The van der Waals surface area contributed by atoms with E-state index >= 15 is 0 Å². The van der Waals surface area contributed by atoms with Gasteiger partial charge in [0.2, 0.25) is 11.8 Å². The van der Waals surface area contributed by atoms with Gasteiger partial charge in [-0.2, -0.15) is 0 Å². The third kappa shape index (κ3) is 6.18. The number of ether oxygens (including phenoxy) is 1. The van der Waals surface area contributed by atoms with E-state index in [4.69, 9.17) is 10.5 Å². The lowest BCUT2D eigenvalue weighted by atomic mass is 10.1. The Balaban J connectivity index is 0.00000264. The number of hydrogen-bond donors (Lipinski definition) is 2. The molecule has 2 atom stereocenters. The Labute approximate surface area is 158 Å². The molecular weight excluding hydrogens is 375 g/mol. The van der Waals surface area contributed by atoms with Crippen LogP contribution < -0.4 is 11.1 Å². The van der Waals surface area contributed by atoms with Crippen LogP contribution in [0.2, 0.25) is 0 Å². The number of morpholine rings is 1. The number of carbonyl (C=O) groups excluding carboxylic acids is 2. The summed E-state index contributed by atoms with van der Waals surface area (Å²) in [6.07, 6.45) is 1.53. The van der Waals surface area contributed by atoms with Crippen molar-refractivity contribution in [2.45, 2.75) is 26.0 Å². The minimum absolute atomic E-state index is 0. The normalized spacial score (nSPS) is 18.3. The van der Waals surface area contributed by atoms with Crippen LogP contribution in [0.1, 0.15) is 25.0 Å². The molecular formula is C14H24Cl2N4O3S. The van der Waals surface area contributed by atoms with Gasteiger partial charge in [0.1, 0.15) is 11.1 Å². The fraction of sp³-hybridized carbons (Fsp3) is 0.643. The molecule has 0 aromatic carbocycles. The smallest absolute Gasteiger partial charge is 0.242 e. The first-order valence-corrected chi connectivity index (χ1v) is 8.19. The van der Waals surface area contributed by atoms with Gasteiger partial charge in [-0.15, -0.1) is 36.2 Å². The van der Waals surface area contributed by atoms with Crippen molar-refractivity contribution in [2.75, 3.05) is 26.2 Å². The number of nitrogens with two attached hydrogens (primary N) is 1. The molecule has 0 bridgehead atoms. The number of rotatable bonds is 5. The maximum absolute atomic E-state index is 12.2. The summed E-state index contributed by atoms with van der Waals surface area (Å²) in [7, 11) is 0. The second-order valence-corrected chi connectivity index (χ2v) is 6.48. The van der Waals surface area contributed by atoms with E-state index in [-0.39, 0.29) is 55.2 Å². The third-order valence-electron chi connectivity index (χ3n) is 3.58. The zero-order valence-corrected chi connectivity index (χ0v) is 16.1. The van der Waals surface area contributed by atoms with Crippen LogP contribution in [0.4, 0.5) is 0 Å². The molecule has 3 N–H and O–H groups in total. The summed E-state index contributed by atoms with van der Waals surface area (Å²) in [6, 6.07) is -0.597. The van der Waals surface area contributed by atoms with Crippen molar-refractivity contribution in [3.05, 3.63) is 16.6 Å². The molecule has 1 aliphatic rings. The van der Waals surface area contributed by atoms with Gasteiger partial charge in [0.25, 0.3) is 0 Å². The van der Waals surface area contributed by atoms with Crippen molar-refractivity contribution in [2.24, 2.45) is 11.7 Å². The van der Waals surface area contributed by atoms with E-state index < -0.39 is 6.04 Å². The molecule has 10 heteroatoms. The van der Waals surface area contributed by atoms with E-state index in [1.54, 1.807) is 11.1 Å². The van der Waals surface area contributed by atoms with Crippen LogP contribution in [0.5, 0.6) is 0 Å². The molecule has 1 aromatic rings. The van der Waals surface area contributed by atoms with Crippen molar-refractivity contribution in [1.82, 2.24) is 15.2 Å². The molecule has 2 heterocycles. The van der Waals surface area contributed by atoms with Crippen molar-refractivity contribution in [3.63, 3.8) is 0 Å². The predicted octanol–water partition coefficient (Wildman–Crippen LogP) is 0.986. The summed E-state index contributed by atoms with van der Waals surface area (Å²) in [4.78, 5) is 29.9. The zero-order valence-electron chi connectivity index (χ0n) is 13.6. The quantitative estimate of drug-likeness (QED) is 0.770. The topological polar surface area (TPSA) is 97.5 Å². The van der Waals surface area contributed by atoms with E-state index in [9.17, 15) is 9.59 Å². The van der Waals surface area contributed by atoms with Crippen LogP contribution in [-0.4, -0.2) is 54.0 Å². The number of carbonyl (C=O) groups is 2. The predicted molar refractivity (Wildman–Crippen MR) is 97.7 cm³/mol. The van der Waals surface area contributed by atoms with Gasteiger partial charge in [-0.25, -0.2) is 4.98 Å². The van der Waals surface area contributed by atoms with Gasteiger partial charge in [-0.3, -0.25) is 9.59 Å². The van der Waals surface area contributed by atoms with Crippen LogP contribution in [0, 0.1) is 5.92 Å². The lowest BCUT2D eigenvalue weighted by Crippen LogP contribution is -2.50. The maximum atomic E-state index is 12.2. The molecule has 1 unspecified atom stereocenters. The number of nitrogens with one attached hydrogen (secondary N) is 1. The van der Waals surface area contributed by atoms with Crippen LogP contribution in [0.25, 0.3) is 0 Å². The number of amides is 2. The van der Waals surface area contributed by atoms with Crippen LogP contribution in [-0.2, 0) is 14.3 Å². The van der Waals surface area contributed by atoms with E-state index in [1.807, 2.05) is 19.2 Å². The molecule has 1 saturated heterocycles. The first-order chi connectivity index (χ1) is 10.5. The van der Waals surface area contributed by atoms with Gasteiger partial charge in [-0.1, -0.05) is 13.8 Å². The molecule has 7 nitrogen and oxygen atoms in total. The first kappa shape index (κ1) is 23.1. The van der Waals surface area contributed by atoms with Crippen molar-refractivity contribution < 1.29 is 14.3 Å². The summed E-state index contributed by atoms with van der Waals surface area (Å²) in [6.45, 7) is 5.14. The Morgan fingerprint density at radius 3 is 2.79 bits per heavy atom. The number of halogens is 2. The van der Waals surface area contributed by atoms with Gasteiger partial charge >= 0.3 is 0 Å². The Morgan fingerprint density at radius 2 is 2.21 bits per heavy atom. The molecule has 1 aromatic heterocycles. The van der Waals surface area contributed by atoms with E-state index in [2.05, 4.69) is 10.3 Å². The monoisotopic (exact) mass is 398 g/mol. The van der Waals surface area contributed by atoms with Crippen molar-refractivity contribution >= 4 is 48.0 Å². The minimum atomic E-state index is -0.597. The highest BCUT2D eigenvalue weighted by molar-refractivity contribution is 7.09. The Bertz CT molecular complexity index is 516. The molecule has 24 heavy (non-hydrogen) atoms. The van der Waals surface area contributed by atoms with Gasteiger partial charge in [0.05, 0.1) is 25.7 Å². The maximum Gasteiger partial charge on any atom is 0.242 e. The van der Waals surface area contributed by atoms with Gasteiger partial charge in [-0.05, 0) is 5.92 Å². The molecule has 0 radical (unpaired) electrons. The van der Waals surface area contributed by atoms with Crippen LogP contribution in [0.15, 0.2) is 11.6 Å². The molecule has 0 saturated carbocycles. The fourth-order valence-corrected chi connectivity index (χ4v) is 2.79. The number of hydrogen-bond acceptors (Lipinski definition) is 6. The van der Waals surface area contributed by atoms with E-state index in [0.717, 1.165) is 5.01 Å². The van der Waals surface area contributed by atoms with Gasteiger partial charge in [0, 0.05) is 18.1 Å². The lowest BCUT2D eigenvalue weighted by molar-refractivity contribution is -0.139. The second-order valence-electron chi connectivity index (χ2n) is 5.56. The Kier molecular flexibility index (Phi) is 10.4. The third-order valence-corrected chi connectivity index (χ3v) is 4.45. The van der Waals surface area contributed by atoms with E-state index in [0.29, 0.717) is 19.7 Å². The molecule has 0 spiro atoms. The van der Waals surface area contributed by atoms with E-state index in [1.165, 1.54) is 11.3 Å². The average molecular weight is 399 g/mol. The SMILES string of the molecule is CC(C)[C@H](N)C(=O)NCC(=O)N1CCOC(c2nccs2)C1.Cl.Cl. The summed E-state index contributed by atoms with van der Waals surface area (Å²) < 4.78 is 5.64. The highest BCUT2D eigenvalue weighted by Crippen LogP contribution is 2.23. The van der Waals surface area contributed by atoms with Crippen LogP contribution in [0.3, 0.4) is 0 Å². The number of aromatic nitrogens is 1. The minimum Gasteiger partial charge on any atom is -0.367 e. The summed E-state index contributed by atoms with van der Waals surface area (Å²) in [5, 5.41) is 5.35. The van der Waals surface area contributed by atoms with Gasteiger partial charge in [0.15, 0.2) is 0 Å². The van der Waals surface area contributed by atoms with Crippen molar-refractivity contribution in [1.29, 1.82) is 0 Å². The number of thiazole rings is 1. The Hall–Kier alpha value is -0.930. The summed E-state index contributed by atoms with van der Waals surface area (Å²) >= 11 is 1.51. The lowest BCUT2D eigenvalue weighted by Gasteiger charge is -2.32. The standard InChI is InChI=1S/C14H22N4O3S.2ClH/c1-9(2)12(15)13(20)17-7-11(19)18-4-5-21-10(8-18)14-16-3-6-22-14;;/h3,6,9-10,12H,4-5,7-8,15H2,1-2H3,(H,17,20);2*1H/t10?,12-;;/m0../s1. The second kappa shape index (κ2) is 10.8. The molecule has 1 aliphatic heterocycles. The summed E-state index contributed by atoms with van der Waals surface area (Å²) in [5.41, 5.74) is 5.75. The fourth-order valence-electron chi connectivity index (χ4n) is 2.11. The Morgan fingerprint density at radius 1 is 1.50 bits per heavy atom. The van der Waals surface area contributed by atoms with Crippen LogP contribution >= 0.6 is 36.2 Å². The molecule has 1 fully saturated rings. The zero-order chi connectivity index (χ0) is 16.1. The summed E-state index contributed by atoms with van der Waals surface area (Å²) in [5.74, 6) is -0.394. The highest BCUT2D eigenvalue weighted by atomic mass is 35.5. The molecule has 2 amide bonds.